The Balaban J connectivity index is 1.54. The molecule has 1 heteroatoms. The smallest absolute Gasteiger partial charge is 0.0619 e. The van der Waals surface area contributed by atoms with Crippen LogP contribution in [-0.4, -0.2) is 0 Å². The third kappa shape index (κ3) is 2.04. The molecular weight excluding hydrogens is 464 g/mol. The Kier molecular flexibility index (Phi) is 3.35. The Morgan fingerprint density at radius 1 is 0.515 bits per heavy atom. The summed E-state index contributed by atoms with van der Waals surface area (Å²) in [4.78, 5) is 0. The van der Waals surface area contributed by atoms with Crippen LogP contribution in [0, 0.1) is 0 Å². The molecule has 0 atom stereocenters. The van der Waals surface area contributed by atoms with Crippen molar-refractivity contribution in [3.05, 3.63) is 141 Å². The highest BCUT2D eigenvalue weighted by molar-refractivity contribution is 9.10. The number of fused-ring (bicyclic) bond motifs is 14. The van der Waals surface area contributed by atoms with Crippen molar-refractivity contribution in [1.82, 2.24) is 0 Å². The number of halogens is 1. The average molecular weight is 483 g/mol. The monoisotopic (exact) mass is 482 g/mol. The minimum absolute atomic E-state index is 0.247. The van der Waals surface area contributed by atoms with E-state index in [1.807, 2.05) is 0 Å². The predicted molar refractivity (Wildman–Crippen MR) is 139 cm³/mol. The third-order valence-corrected chi connectivity index (χ3v) is 8.49. The summed E-state index contributed by atoms with van der Waals surface area (Å²) in [5.74, 6) is 0. The van der Waals surface area contributed by atoms with Gasteiger partial charge in [-0.05, 0) is 85.3 Å². The standard InChI is InChI=1S/C32H19Br/c33-20-14-13-19-17-26-21(25(19)18-20)15-16-30-31(26)24-9-3-6-12-29(24)32(30)27-10-4-1-7-22(27)23-8-2-5-11-28(23)32/h1-16,18H,17H2. The number of rotatable bonds is 0. The second-order valence-electron chi connectivity index (χ2n) is 9.38. The van der Waals surface area contributed by atoms with Crippen LogP contribution in [0.15, 0.2) is 108 Å². The molecule has 0 aromatic heterocycles. The van der Waals surface area contributed by atoms with Gasteiger partial charge < -0.3 is 0 Å². The Hall–Kier alpha value is -3.42. The van der Waals surface area contributed by atoms with Crippen molar-refractivity contribution < 1.29 is 0 Å². The highest BCUT2D eigenvalue weighted by atomic mass is 79.9. The lowest BCUT2D eigenvalue weighted by Crippen LogP contribution is -2.25. The molecule has 0 radical (unpaired) electrons. The molecule has 0 saturated carbocycles. The van der Waals surface area contributed by atoms with E-state index in [9.17, 15) is 0 Å². The van der Waals surface area contributed by atoms with Crippen molar-refractivity contribution in [2.45, 2.75) is 11.8 Å². The summed E-state index contributed by atoms with van der Waals surface area (Å²) in [5, 5.41) is 0. The maximum absolute atomic E-state index is 3.69. The van der Waals surface area contributed by atoms with E-state index in [4.69, 9.17) is 0 Å². The molecular formula is C32H19Br. The summed E-state index contributed by atoms with van der Waals surface area (Å²) in [6.07, 6.45) is 0.995. The topological polar surface area (TPSA) is 0 Å². The molecule has 0 saturated heterocycles. The summed E-state index contributed by atoms with van der Waals surface area (Å²) in [6, 6.07) is 38.7. The molecule has 0 nitrogen and oxygen atoms in total. The maximum atomic E-state index is 3.69. The molecule has 8 rings (SSSR count). The van der Waals surface area contributed by atoms with Gasteiger partial charge in [-0.1, -0.05) is 107 Å². The highest BCUT2D eigenvalue weighted by Crippen LogP contribution is 2.64. The van der Waals surface area contributed by atoms with Crippen molar-refractivity contribution in [3.63, 3.8) is 0 Å². The summed E-state index contributed by atoms with van der Waals surface area (Å²) in [6.45, 7) is 0. The van der Waals surface area contributed by atoms with Crippen molar-refractivity contribution in [3.8, 4) is 33.4 Å². The van der Waals surface area contributed by atoms with Gasteiger partial charge in [0.1, 0.15) is 0 Å². The molecule has 33 heavy (non-hydrogen) atoms. The largest absolute Gasteiger partial charge is 0.0725 e. The number of hydrogen-bond donors (Lipinski definition) is 0. The van der Waals surface area contributed by atoms with Crippen LogP contribution in [0.25, 0.3) is 33.4 Å². The van der Waals surface area contributed by atoms with Crippen LogP contribution < -0.4 is 0 Å². The minimum atomic E-state index is -0.247. The lowest BCUT2D eigenvalue weighted by molar-refractivity contribution is 0.793. The first-order chi connectivity index (χ1) is 16.3. The molecule has 0 N–H and O–H groups in total. The van der Waals surface area contributed by atoms with Crippen molar-refractivity contribution in [2.75, 3.05) is 0 Å². The van der Waals surface area contributed by atoms with E-state index in [0.29, 0.717) is 0 Å². The van der Waals surface area contributed by atoms with E-state index < -0.39 is 0 Å². The Morgan fingerprint density at radius 3 is 1.82 bits per heavy atom. The van der Waals surface area contributed by atoms with Gasteiger partial charge in [0.25, 0.3) is 0 Å². The first-order valence-electron chi connectivity index (χ1n) is 11.5. The fourth-order valence-corrected chi connectivity index (χ4v) is 7.20. The van der Waals surface area contributed by atoms with Gasteiger partial charge in [0.05, 0.1) is 5.41 Å². The van der Waals surface area contributed by atoms with Gasteiger partial charge >= 0.3 is 0 Å². The molecule has 0 unspecified atom stereocenters. The number of benzene rings is 5. The maximum Gasteiger partial charge on any atom is 0.0725 e. The van der Waals surface area contributed by atoms with E-state index >= 15 is 0 Å². The molecule has 5 aromatic carbocycles. The normalized spacial score (nSPS) is 14.9. The van der Waals surface area contributed by atoms with E-state index in [0.717, 1.165) is 10.9 Å². The minimum Gasteiger partial charge on any atom is -0.0619 e. The van der Waals surface area contributed by atoms with Gasteiger partial charge in [-0.3, -0.25) is 0 Å². The zero-order valence-corrected chi connectivity index (χ0v) is 19.5. The van der Waals surface area contributed by atoms with E-state index in [-0.39, 0.29) is 5.41 Å². The SMILES string of the molecule is Brc1ccc2c(c1)-c1ccc3c(c1C2)-c1ccccc1C31c2ccccc2-c2ccccc21. The van der Waals surface area contributed by atoms with Crippen molar-refractivity contribution in [2.24, 2.45) is 0 Å². The lowest BCUT2D eigenvalue weighted by Gasteiger charge is -2.30. The second-order valence-corrected chi connectivity index (χ2v) is 10.3. The van der Waals surface area contributed by atoms with Crippen LogP contribution in [0.3, 0.4) is 0 Å². The van der Waals surface area contributed by atoms with Crippen LogP contribution in [0.5, 0.6) is 0 Å². The molecule has 0 bridgehead atoms. The summed E-state index contributed by atoms with van der Waals surface area (Å²) in [5.41, 5.74) is 16.7. The summed E-state index contributed by atoms with van der Waals surface area (Å²) >= 11 is 3.69. The second kappa shape index (κ2) is 6.12. The van der Waals surface area contributed by atoms with Crippen molar-refractivity contribution >= 4 is 15.9 Å². The van der Waals surface area contributed by atoms with Gasteiger partial charge in [0.15, 0.2) is 0 Å². The van der Waals surface area contributed by atoms with E-state index in [1.165, 1.54) is 66.8 Å². The zero-order chi connectivity index (χ0) is 21.7. The van der Waals surface area contributed by atoms with Gasteiger partial charge in [-0.25, -0.2) is 0 Å². The molecule has 5 aromatic rings. The van der Waals surface area contributed by atoms with Crippen LogP contribution in [0.4, 0.5) is 0 Å². The first kappa shape index (κ1) is 18.1. The Morgan fingerprint density at radius 2 is 1.12 bits per heavy atom. The van der Waals surface area contributed by atoms with Crippen LogP contribution in [0.1, 0.15) is 33.4 Å². The molecule has 154 valence electrons. The van der Waals surface area contributed by atoms with Crippen molar-refractivity contribution in [1.29, 1.82) is 0 Å². The molecule has 0 amide bonds. The molecule has 0 fully saturated rings. The van der Waals surface area contributed by atoms with E-state index in [1.54, 1.807) is 0 Å². The lowest BCUT2D eigenvalue weighted by atomic mass is 9.70. The quantitative estimate of drug-likeness (QED) is 0.203. The fourth-order valence-electron chi connectivity index (χ4n) is 6.84. The third-order valence-electron chi connectivity index (χ3n) is 8.00. The number of hydrogen-bond acceptors (Lipinski definition) is 0. The molecule has 1 spiro atoms. The predicted octanol–water partition coefficient (Wildman–Crippen LogP) is 8.36. The van der Waals surface area contributed by atoms with Gasteiger partial charge in [0, 0.05) is 4.47 Å². The molecule has 0 aliphatic heterocycles. The van der Waals surface area contributed by atoms with Gasteiger partial charge in [-0.15, -0.1) is 0 Å². The molecule has 0 heterocycles. The average Bonchev–Trinajstić information content (AvgIpc) is 3.47. The van der Waals surface area contributed by atoms with Gasteiger partial charge in [-0.2, -0.15) is 0 Å². The Bertz CT molecular complexity index is 1610. The van der Waals surface area contributed by atoms with Gasteiger partial charge in [0.2, 0.25) is 0 Å². The summed E-state index contributed by atoms with van der Waals surface area (Å²) in [7, 11) is 0. The van der Waals surface area contributed by atoms with E-state index in [2.05, 4.69) is 119 Å². The van der Waals surface area contributed by atoms with Crippen LogP contribution in [0.2, 0.25) is 0 Å². The Labute approximate surface area is 201 Å². The highest BCUT2D eigenvalue weighted by Gasteiger charge is 2.52. The molecule has 3 aliphatic carbocycles. The van der Waals surface area contributed by atoms with Crippen LogP contribution in [-0.2, 0) is 11.8 Å². The zero-order valence-electron chi connectivity index (χ0n) is 17.9. The fraction of sp³-hybridized carbons (Fsp3) is 0.0625. The van der Waals surface area contributed by atoms with Crippen LogP contribution >= 0.6 is 15.9 Å². The molecule has 3 aliphatic rings. The summed E-state index contributed by atoms with van der Waals surface area (Å²) < 4.78 is 1.14. The first-order valence-corrected chi connectivity index (χ1v) is 12.3.